The van der Waals surface area contributed by atoms with Crippen LogP contribution in [0.1, 0.15) is 68.7 Å². The van der Waals surface area contributed by atoms with Crippen LogP contribution in [0.25, 0.3) is 0 Å². The number of hydrogen-bond acceptors (Lipinski definition) is 2. The zero-order chi connectivity index (χ0) is 17.1. The van der Waals surface area contributed by atoms with Crippen molar-refractivity contribution in [3.63, 3.8) is 0 Å². The van der Waals surface area contributed by atoms with Crippen LogP contribution in [0.3, 0.4) is 0 Å². The fraction of sp³-hybridized carbons (Fsp3) is 0.700. The van der Waals surface area contributed by atoms with Gasteiger partial charge in [0.05, 0.1) is 11.4 Å². The van der Waals surface area contributed by atoms with Crippen LogP contribution < -0.4 is 9.80 Å². The van der Waals surface area contributed by atoms with Crippen LogP contribution in [0.4, 0.5) is 11.4 Å². The second-order valence-corrected chi connectivity index (χ2v) is 7.88. The average Bonchev–Trinajstić information content (AvgIpc) is 2.38. The van der Waals surface area contributed by atoms with Crippen LogP contribution in [0.2, 0.25) is 0 Å². The Morgan fingerprint density at radius 1 is 0.864 bits per heavy atom. The van der Waals surface area contributed by atoms with Crippen molar-refractivity contribution in [1.82, 2.24) is 0 Å². The third-order valence-electron chi connectivity index (χ3n) is 4.28. The summed E-state index contributed by atoms with van der Waals surface area (Å²) in [6.45, 7) is 20.6. The fourth-order valence-corrected chi connectivity index (χ4v) is 3.52. The third-order valence-corrected chi connectivity index (χ3v) is 4.28. The molecule has 0 amide bonds. The number of rotatable bonds is 6. The maximum atomic E-state index is 2.57. The Morgan fingerprint density at radius 2 is 1.36 bits per heavy atom. The molecule has 0 aromatic heterocycles. The molecule has 1 aromatic carbocycles. The summed E-state index contributed by atoms with van der Waals surface area (Å²) in [4.78, 5) is 5.11. The molecule has 22 heavy (non-hydrogen) atoms. The molecule has 1 rings (SSSR count). The Labute approximate surface area is 138 Å². The normalized spacial score (nSPS) is 13.6. The minimum absolute atomic E-state index is 0.0996. The van der Waals surface area contributed by atoms with Gasteiger partial charge in [-0.3, -0.25) is 0 Å². The summed E-state index contributed by atoms with van der Waals surface area (Å²) >= 11 is 0. The maximum absolute atomic E-state index is 2.57. The third kappa shape index (κ3) is 4.18. The van der Waals surface area contributed by atoms with Crippen LogP contribution in [-0.2, 0) is 0 Å². The largest absolute Gasteiger partial charge is 0.365 e. The number of hydrogen-bond donors (Lipinski definition) is 0. The molecule has 0 aliphatic rings. The second kappa shape index (κ2) is 7.39. The van der Waals surface area contributed by atoms with Crippen molar-refractivity contribution in [3.05, 3.63) is 24.3 Å². The van der Waals surface area contributed by atoms with Crippen molar-refractivity contribution in [2.75, 3.05) is 9.80 Å². The van der Waals surface area contributed by atoms with E-state index in [4.69, 9.17) is 0 Å². The van der Waals surface area contributed by atoms with Crippen molar-refractivity contribution >= 4 is 11.4 Å². The second-order valence-electron chi connectivity index (χ2n) is 7.88. The highest BCUT2D eigenvalue weighted by Crippen LogP contribution is 2.37. The Kier molecular flexibility index (Phi) is 6.34. The van der Waals surface area contributed by atoms with E-state index in [2.05, 4.69) is 96.4 Å². The van der Waals surface area contributed by atoms with Gasteiger partial charge in [0.2, 0.25) is 0 Å². The van der Waals surface area contributed by atoms with E-state index in [1.807, 2.05) is 0 Å². The van der Waals surface area contributed by atoms with E-state index in [0.29, 0.717) is 18.1 Å². The summed E-state index contributed by atoms with van der Waals surface area (Å²) in [5.41, 5.74) is 2.80. The predicted molar refractivity (Wildman–Crippen MR) is 101 cm³/mol. The molecule has 1 atom stereocenters. The average molecular weight is 305 g/mol. The van der Waals surface area contributed by atoms with E-state index in [9.17, 15) is 0 Å². The van der Waals surface area contributed by atoms with Gasteiger partial charge in [-0.15, -0.1) is 0 Å². The summed E-state index contributed by atoms with van der Waals surface area (Å²) in [6, 6.07) is 10.4. The van der Waals surface area contributed by atoms with Gasteiger partial charge in [0.15, 0.2) is 0 Å². The van der Waals surface area contributed by atoms with Crippen molar-refractivity contribution in [2.45, 2.75) is 92.4 Å². The molecule has 0 saturated carbocycles. The molecule has 2 heteroatoms. The van der Waals surface area contributed by atoms with Gasteiger partial charge in [0, 0.05) is 23.7 Å². The lowest BCUT2D eigenvalue weighted by molar-refractivity contribution is 0.463. The van der Waals surface area contributed by atoms with Gasteiger partial charge in [-0.05, 0) is 73.9 Å². The molecule has 1 aromatic rings. The van der Waals surface area contributed by atoms with E-state index >= 15 is 0 Å². The lowest BCUT2D eigenvalue weighted by Crippen LogP contribution is -2.48. The first-order chi connectivity index (χ1) is 10.1. The number of benzene rings is 1. The smallest absolute Gasteiger partial charge is 0.0610 e. The summed E-state index contributed by atoms with van der Waals surface area (Å²) in [6.07, 6.45) is 1.16. The molecule has 0 spiro atoms. The topological polar surface area (TPSA) is 6.48 Å². The van der Waals surface area contributed by atoms with E-state index in [-0.39, 0.29) is 5.54 Å². The highest BCUT2D eigenvalue weighted by molar-refractivity contribution is 5.73. The first kappa shape index (κ1) is 18.9. The zero-order valence-electron chi connectivity index (χ0n) is 16.1. The number of nitrogens with zero attached hydrogens (tertiary/aromatic N) is 2. The highest BCUT2D eigenvalue weighted by Gasteiger charge is 2.29. The van der Waals surface area contributed by atoms with Crippen LogP contribution in [-0.4, -0.2) is 23.7 Å². The SMILES string of the molecule is CCC(C)N(c1ccccc1N(C(C)C)C(C)(C)C)C(C)C. The van der Waals surface area contributed by atoms with Crippen LogP contribution in [0.15, 0.2) is 24.3 Å². The van der Waals surface area contributed by atoms with Crippen molar-refractivity contribution < 1.29 is 0 Å². The molecule has 0 N–H and O–H groups in total. The van der Waals surface area contributed by atoms with Crippen LogP contribution >= 0.6 is 0 Å². The zero-order valence-corrected chi connectivity index (χ0v) is 16.1. The molecule has 126 valence electrons. The number of para-hydroxylation sites is 2. The monoisotopic (exact) mass is 304 g/mol. The van der Waals surface area contributed by atoms with Crippen molar-refractivity contribution in [3.8, 4) is 0 Å². The van der Waals surface area contributed by atoms with Gasteiger partial charge in [-0.2, -0.15) is 0 Å². The Bertz CT molecular complexity index is 457. The molecule has 0 aliphatic carbocycles. The predicted octanol–water partition coefficient (Wildman–Crippen LogP) is 5.71. The molecular formula is C20H36N2. The Morgan fingerprint density at radius 3 is 1.73 bits per heavy atom. The summed E-state index contributed by atoms with van der Waals surface area (Å²) < 4.78 is 0. The van der Waals surface area contributed by atoms with Crippen molar-refractivity contribution in [1.29, 1.82) is 0 Å². The molecule has 1 unspecified atom stereocenters. The first-order valence-electron chi connectivity index (χ1n) is 8.77. The van der Waals surface area contributed by atoms with Crippen LogP contribution in [0, 0.1) is 0 Å². The lowest BCUT2D eigenvalue weighted by atomic mass is 10.00. The summed E-state index contributed by atoms with van der Waals surface area (Å²) in [5.74, 6) is 0. The van der Waals surface area contributed by atoms with E-state index in [0.717, 1.165) is 6.42 Å². The first-order valence-corrected chi connectivity index (χ1v) is 8.77. The molecule has 2 nitrogen and oxygen atoms in total. The summed E-state index contributed by atoms with van der Waals surface area (Å²) in [7, 11) is 0. The molecule has 0 fully saturated rings. The van der Waals surface area contributed by atoms with Gasteiger partial charge >= 0.3 is 0 Å². The molecule has 0 bridgehead atoms. The lowest BCUT2D eigenvalue weighted by Gasteiger charge is -2.45. The van der Waals surface area contributed by atoms with Gasteiger partial charge in [-0.1, -0.05) is 19.1 Å². The molecule has 0 radical (unpaired) electrons. The molecule has 0 aliphatic heterocycles. The molecule has 0 saturated heterocycles. The number of anilines is 2. The van der Waals surface area contributed by atoms with Gasteiger partial charge in [-0.25, -0.2) is 0 Å². The summed E-state index contributed by atoms with van der Waals surface area (Å²) in [5, 5.41) is 0. The maximum Gasteiger partial charge on any atom is 0.0610 e. The van der Waals surface area contributed by atoms with E-state index in [1.54, 1.807) is 0 Å². The minimum atomic E-state index is 0.0996. The van der Waals surface area contributed by atoms with E-state index < -0.39 is 0 Å². The van der Waals surface area contributed by atoms with Crippen LogP contribution in [0.5, 0.6) is 0 Å². The van der Waals surface area contributed by atoms with E-state index in [1.165, 1.54) is 11.4 Å². The van der Waals surface area contributed by atoms with Gasteiger partial charge in [0.25, 0.3) is 0 Å². The molecule has 0 heterocycles. The quantitative estimate of drug-likeness (QED) is 0.664. The Balaban J connectivity index is 3.45. The Hall–Kier alpha value is -1.18. The molecular weight excluding hydrogens is 268 g/mol. The van der Waals surface area contributed by atoms with Crippen molar-refractivity contribution in [2.24, 2.45) is 0 Å². The standard InChI is InChI=1S/C20H36N2/c1-10-17(6)21(15(2)3)18-13-11-12-14-19(18)22(16(4)5)20(7,8)9/h11-17H,10H2,1-9H3. The van der Waals surface area contributed by atoms with Gasteiger partial charge in [0.1, 0.15) is 0 Å². The minimum Gasteiger partial charge on any atom is -0.365 e. The van der Waals surface area contributed by atoms with Gasteiger partial charge < -0.3 is 9.80 Å². The highest BCUT2D eigenvalue weighted by atomic mass is 15.3. The fourth-order valence-electron chi connectivity index (χ4n) is 3.52.